The van der Waals surface area contributed by atoms with Crippen LogP contribution in [0.3, 0.4) is 0 Å². The maximum atomic E-state index is 11.1. The van der Waals surface area contributed by atoms with E-state index in [-0.39, 0.29) is 6.61 Å². The average Bonchev–Trinajstić information content (AvgIpc) is 2.10. The lowest BCUT2D eigenvalue weighted by Crippen LogP contribution is -2.34. The molecule has 1 unspecified atom stereocenters. The lowest BCUT2D eigenvalue weighted by Gasteiger charge is -2.11. The molecule has 5 nitrogen and oxygen atoms in total. The van der Waals surface area contributed by atoms with Gasteiger partial charge in [-0.25, -0.2) is 0 Å². The molecule has 0 aliphatic heterocycles. The molecule has 0 fully saturated rings. The molecule has 0 rings (SSSR count). The van der Waals surface area contributed by atoms with Crippen LogP contribution in [0.2, 0.25) is 0 Å². The molecular formula is C8H18N2O3. The molecule has 5 heteroatoms. The van der Waals surface area contributed by atoms with Crippen molar-refractivity contribution in [3.05, 3.63) is 0 Å². The molecule has 0 aromatic rings. The second kappa shape index (κ2) is 6.82. The summed E-state index contributed by atoms with van der Waals surface area (Å²) in [6, 6.07) is -0.623. The van der Waals surface area contributed by atoms with Crippen molar-refractivity contribution >= 4 is 5.97 Å². The fraction of sp³-hybridized carbons (Fsp3) is 0.875. The largest absolute Gasteiger partial charge is 0.462 e. The van der Waals surface area contributed by atoms with Crippen LogP contribution in [0.1, 0.15) is 19.8 Å². The van der Waals surface area contributed by atoms with Gasteiger partial charge in [0.15, 0.2) is 0 Å². The van der Waals surface area contributed by atoms with Crippen LogP contribution in [-0.4, -0.2) is 36.4 Å². The Kier molecular flexibility index (Phi) is 6.48. The molecule has 2 atom stereocenters. The van der Waals surface area contributed by atoms with E-state index in [2.05, 4.69) is 0 Å². The molecule has 0 aromatic heterocycles. The number of hydrogen-bond acceptors (Lipinski definition) is 5. The van der Waals surface area contributed by atoms with E-state index in [1.807, 2.05) is 0 Å². The third-order valence-corrected chi connectivity index (χ3v) is 1.49. The van der Waals surface area contributed by atoms with E-state index in [0.29, 0.717) is 19.4 Å². The van der Waals surface area contributed by atoms with Gasteiger partial charge in [-0.1, -0.05) is 0 Å². The number of ether oxygens (including phenoxy) is 1. The zero-order valence-electron chi connectivity index (χ0n) is 7.90. The van der Waals surface area contributed by atoms with Crippen molar-refractivity contribution in [2.24, 2.45) is 11.5 Å². The van der Waals surface area contributed by atoms with E-state index in [1.54, 1.807) is 6.92 Å². The predicted octanol–water partition coefficient (Wildman–Crippen LogP) is -1.02. The Labute approximate surface area is 78.0 Å². The van der Waals surface area contributed by atoms with Crippen LogP contribution in [0.5, 0.6) is 0 Å². The third-order valence-electron chi connectivity index (χ3n) is 1.49. The van der Waals surface area contributed by atoms with Crippen molar-refractivity contribution in [1.82, 2.24) is 0 Å². The van der Waals surface area contributed by atoms with Crippen LogP contribution in [-0.2, 0) is 9.53 Å². The summed E-state index contributed by atoms with van der Waals surface area (Å²) in [5, 5.41) is 8.82. The minimum Gasteiger partial charge on any atom is -0.462 e. The number of aliphatic hydroxyl groups is 1. The molecule has 0 aliphatic carbocycles. The molecule has 0 aliphatic rings. The van der Waals surface area contributed by atoms with Crippen LogP contribution >= 0.6 is 0 Å². The molecule has 0 radical (unpaired) electrons. The second-order valence-electron chi connectivity index (χ2n) is 3.02. The fourth-order valence-electron chi connectivity index (χ4n) is 0.765. The zero-order valence-corrected chi connectivity index (χ0v) is 7.90. The Bertz CT molecular complexity index is 150. The lowest BCUT2D eigenvalue weighted by molar-refractivity contribution is -0.148. The Hall–Kier alpha value is -0.650. The summed E-state index contributed by atoms with van der Waals surface area (Å²) >= 11 is 0. The molecule has 0 bridgehead atoms. The molecule has 0 saturated carbocycles. The number of esters is 1. The maximum absolute atomic E-state index is 11.1. The fourth-order valence-corrected chi connectivity index (χ4v) is 0.765. The van der Waals surface area contributed by atoms with Crippen molar-refractivity contribution in [2.75, 3.05) is 13.2 Å². The first kappa shape index (κ1) is 12.3. The van der Waals surface area contributed by atoms with Gasteiger partial charge in [0, 0.05) is 0 Å². The number of carbonyl (C=O) groups is 1. The summed E-state index contributed by atoms with van der Waals surface area (Å²) in [4.78, 5) is 11.1. The molecule has 0 aromatic carbocycles. The van der Waals surface area contributed by atoms with E-state index < -0.39 is 18.1 Å². The van der Waals surface area contributed by atoms with E-state index in [0.717, 1.165) is 0 Å². The average molecular weight is 190 g/mol. The first-order valence-electron chi connectivity index (χ1n) is 4.38. The van der Waals surface area contributed by atoms with Gasteiger partial charge in [0.1, 0.15) is 12.6 Å². The van der Waals surface area contributed by atoms with E-state index in [1.165, 1.54) is 0 Å². The summed E-state index contributed by atoms with van der Waals surface area (Å²) in [5.41, 5.74) is 10.7. The zero-order chi connectivity index (χ0) is 10.3. The summed E-state index contributed by atoms with van der Waals surface area (Å²) in [6.07, 6.45) is 0.575. The van der Waals surface area contributed by atoms with Crippen LogP contribution in [0.15, 0.2) is 0 Å². The highest BCUT2D eigenvalue weighted by atomic mass is 16.5. The predicted molar refractivity (Wildman–Crippen MR) is 48.9 cm³/mol. The maximum Gasteiger partial charge on any atom is 0.322 e. The Morgan fingerprint density at radius 1 is 1.62 bits per heavy atom. The molecule has 5 N–H and O–H groups in total. The van der Waals surface area contributed by atoms with Crippen molar-refractivity contribution in [3.8, 4) is 0 Å². The van der Waals surface area contributed by atoms with Gasteiger partial charge >= 0.3 is 5.97 Å². The minimum absolute atomic E-state index is 0.00480. The van der Waals surface area contributed by atoms with Crippen LogP contribution in [0.4, 0.5) is 0 Å². The molecule has 0 spiro atoms. The number of hydrogen-bond donors (Lipinski definition) is 3. The first-order chi connectivity index (χ1) is 6.07. The van der Waals surface area contributed by atoms with Crippen molar-refractivity contribution in [2.45, 2.75) is 31.9 Å². The van der Waals surface area contributed by atoms with Gasteiger partial charge in [-0.2, -0.15) is 0 Å². The highest BCUT2D eigenvalue weighted by molar-refractivity contribution is 5.75. The molecule has 13 heavy (non-hydrogen) atoms. The summed E-state index contributed by atoms with van der Waals surface area (Å²) in [6.45, 7) is 2.05. The van der Waals surface area contributed by atoms with Crippen LogP contribution in [0, 0.1) is 0 Å². The number of nitrogens with two attached hydrogens (primary N) is 2. The van der Waals surface area contributed by atoms with E-state index in [9.17, 15) is 4.79 Å². The van der Waals surface area contributed by atoms with Crippen LogP contribution < -0.4 is 11.5 Å². The van der Waals surface area contributed by atoms with E-state index >= 15 is 0 Å². The SMILES string of the molecule is CC(O)COC(=O)[C@@H](N)CCCN. The number of aliphatic hydroxyl groups excluding tert-OH is 1. The summed E-state index contributed by atoms with van der Waals surface area (Å²) in [5.74, 6) is -0.477. The van der Waals surface area contributed by atoms with Gasteiger partial charge in [0.05, 0.1) is 6.10 Å². The van der Waals surface area contributed by atoms with Crippen molar-refractivity contribution < 1.29 is 14.6 Å². The van der Waals surface area contributed by atoms with Crippen LogP contribution in [0.25, 0.3) is 0 Å². The molecule has 78 valence electrons. The number of carbonyl (C=O) groups excluding carboxylic acids is 1. The normalized spacial score (nSPS) is 15.1. The standard InChI is InChI=1S/C8H18N2O3/c1-6(11)5-13-8(12)7(10)3-2-4-9/h6-7,11H,2-5,9-10H2,1H3/t6?,7-/m0/s1. The lowest BCUT2D eigenvalue weighted by atomic mass is 10.2. The molecular weight excluding hydrogens is 172 g/mol. The van der Waals surface area contributed by atoms with Crippen molar-refractivity contribution in [3.63, 3.8) is 0 Å². The van der Waals surface area contributed by atoms with Crippen molar-refractivity contribution in [1.29, 1.82) is 0 Å². The summed E-state index contributed by atoms with van der Waals surface area (Å²) in [7, 11) is 0. The molecule has 0 amide bonds. The van der Waals surface area contributed by atoms with Gasteiger partial charge in [-0.3, -0.25) is 4.79 Å². The van der Waals surface area contributed by atoms with Gasteiger partial charge in [-0.15, -0.1) is 0 Å². The Morgan fingerprint density at radius 3 is 2.69 bits per heavy atom. The molecule has 0 heterocycles. The Morgan fingerprint density at radius 2 is 2.23 bits per heavy atom. The third kappa shape index (κ3) is 6.51. The Balaban J connectivity index is 3.57. The monoisotopic (exact) mass is 190 g/mol. The molecule has 0 saturated heterocycles. The minimum atomic E-state index is -0.648. The first-order valence-corrected chi connectivity index (χ1v) is 4.38. The number of rotatable bonds is 6. The smallest absolute Gasteiger partial charge is 0.322 e. The van der Waals surface area contributed by atoms with Gasteiger partial charge in [0.2, 0.25) is 0 Å². The van der Waals surface area contributed by atoms with E-state index in [4.69, 9.17) is 21.3 Å². The second-order valence-corrected chi connectivity index (χ2v) is 3.02. The highest BCUT2D eigenvalue weighted by Crippen LogP contribution is 1.96. The van der Waals surface area contributed by atoms with Gasteiger partial charge < -0.3 is 21.3 Å². The summed E-state index contributed by atoms with van der Waals surface area (Å²) < 4.78 is 4.71. The highest BCUT2D eigenvalue weighted by Gasteiger charge is 2.14. The van der Waals surface area contributed by atoms with Gasteiger partial charge in [-0.05, 0) is 26.3 Å². The topological polar surface area (TPSA) is 98.6 Å². The quantitative estimate of drug-likeness (QED) is 0.465. The van der Waals surface area contributed by atoms with Gasteiger partial charge in [0.25, 0.3) is 0 Å².